The minimum atomic E-state index is 0.435. The Morgan fingerprint density at radius 1 is 1.35 bits per heavy atom. The first-order valence-electron chi connectivity index (χ1n) is 6.20. The second-order valence-electron chi connectivity index (χ2n) is 5.13. The van der Waals surface area contributed by atoms with Crippen molar-refractivity contribution in [3.8, 4) is 0 Å². The standard InChI is InChI=1S/C14H17ClN2/c1-8(2)13-14-10(5-6-16-13)11-7-9(15)3-4-12(11)17-14/h3-4,7-8,13,16-17H,5-6H2,1-2H3. The molecule has 2 nitrogen and oxygen atoms in total. The van der Waals surface area contributed by atoms with E-state index in [0.29, 0.717) is 12.0 Å². The van der Waals surface area contributed by atoms with Crippen molar-refractivity contribution >= 4 is 22.5 Å². The maximum atomic E-state index is 6.09. The van der Waals surface area contributed by atoms with E-state index in [-0.39, 0.29) is 0 Å². The number of halogens is 1. The highest BCUT2D eigenvalue weighted by molar-refractivity contribution is 6.31. The van der Waals surface area contributed by atoms with Crippen molar-refractivity contribution in [2.24, 2.45) is 5.92 Å². The average Bonchev–Trinajstić information content (AvgIpc) is 2.66. The molecule has 0 saturated heterocycles. The van der Waals surface area contributed by atoms with Gasteiger partial charge in [0.15, 0.2) is 0 Å². The lowest BCUT2D eigenvalue weighted by molar-refractivity contribution is 0.389. The van der Waals surface area contributed by atoms with Gasteiger partial charge in [-0.25, -0.2) is 0 Å². The normalized spacial score (nSPS) is 19.9. The van der Waals surface area contributed by atoms with E-state index in [1.807, 2.05) is 6.07 Å². The molecule has 1 aromatic carbocycles. The molecule has 0 bridgehead atoms. The molecule has 0 amide bonds. The number of hydrogen-bond acceptors (Lipinski definition) is 1. The predicted octanol–water partition coefficient (Wildman–Crippen LogP) is 3.66. The molecule has 0 spiro atoms. The molecule has 3 rings (SSSR count). The Hall–Kier alpha value is -0.990. The third-order valence-corrected chi connectivity index (χ3v) is 3.85. The lowest BCUT2D eigenvalue weighted by Gasteiger charge is -2.27. The number of nitrogens with one attached hydrogen (secondary N) is 2. The highest BCUT2D eigenvalue weighted by Gasteiger charge is 2.25. The number of aromatic nitrogens is 1. The molecule has 1 aliphatic heterocycles. The van der Waals surface area contributed by atoms with Crippen LogP contribution in [0.25, 0.3) is 10.9 Å². The van der Waals surface area contributed by atoms with Gasteiger partial charge < -0.3 is 10.3 Å². The van der Waals surface area contributed by atoms with Crippen molar-refractivity contribution in [1.29, 1.82) is 0 Å². The highest BCUT2D eigenvalue weighted by atomic mass is 35.5. The average molecular weight is 249 g/mol. The smallest absolute Gasteiger partial charge is 0.0499 e. The Kier molecular flexibility index (Phi) is 2.64. The first kappa shape index (κ1) is 11.1. The topological polar surface area (TPSA) is 27.8 Å². The van der Waals surface area contributed by atoms with Gasteiger partial charge in [0, 0.05) is 27.7 Å². The van der Waals surface area contributed by atoms with E-state index in [9.17, 15) is 0 Å². The fourth-order valence-electron chi connectivity index (χ4n) is 2.80. The molecule has 2 aromatic rings. The van der Waals surface area contributed by atoms with Crippen LogP contribution >= 0.6 is 11.6 Å². The summed E-state index contributed by atoms with van der Waals surface area (Å²) >= 11 is 6.09. The first-order chi connectivity index (χ1) is 8.16. The van der Waals surface area contributed by atoms with Crippen LogP contribution in [-0.4, -0.2) is 11.5 Å². The summed E-state index contributed by atoms with van der Waals surface area (Å²) in [6, 6.07) is 6.54. The van der Waals surface area contributed by atoms with Crippen LogP contribution in [0, 0.1) is 5.92 Å². The molecule has 1 atom stereocenters. The van der Waals surface area contributed by atoms with Crippen molar-refractivity contribution in [3.63, 3.8) is 0 Å². The van der Waals surface area contributed by atoms with Crippen molar-refractivity contribution in [3.05, 3.63) is 34.5 Å². The number of aromatic amines is 1. The van der Waals surface area contributed by atoms with Gasteiger partial charge in [0.25, 0.3) is 0 Å². The zero-order valence-corrected chi connectivity index (χ0v) is 10.9. The van der Waals surface area contributed by atoms with Gasteiger partial charge in [0.05, 0.1) is 0 Å². The SMILES string of the molecule is CC(C)C1NCCc2c1[nH]c1ccc(Cl)cc21. The van der Waals surface area contributed by atoms with Gasteiger partial charge in [-0.3, -0.25) is 0 Å². The summed E-state index contributed by atoms with van der Waals surface area (Å²) in [5, 5.41) is 5.70. The summed E-state index contributed by atoms with van der Waals surface area (Å²) in [5.41, 5.74) is 4.00. The summed E-state index contributed by atoms with van der Waals surface area (Å²) in [4.78, 5) is 3.55. The molecule has 0 saturated carbocycles. The third kappa shape index (κ3) is 1.76. The lowest BCUT2D eigenvalue weighted by Crippen LogP contribution is -2.32. The summed E-state index contributed by atoms with van der Waals surface area (Å²) in [7, 11) is 0. The lowest BCUT2D eigenvalue weighted by atomic mass is 9.92. The van der Waals surface area contributed by atoms with Crippen molar-refractivity contribution in [2.45, 2.75) is 26.3 Å². The number of rotatable bonds is 1. The summed E-state index contributed by atoms with van der Waals surface area (Å²) in [6.45, 7) is 5.56. The number of H-pyrrole nitrogens is 1. The molecule has 90 valence electrons. The van der Waals surface area contributed by atoms with Crippen LogP contribution in [0.15, 0.2) is 18.2 Å². The molecule has 2 N–H and O–H groups in total. The van der Waals surface area contributed by atoms with Crippen molar-refractivity contribution < 1.29 is 0 Å². The van der Waals surface area contributed by atoms with E-state index in [4.69, 9.17) is 11.6 Å². The molecular formula is C14H17ClN2. The van der Waals surface area contributed by atoms with Gasteiger partial charge in [-0.1, -0.05) is 25.4 Å². The predicted molar refractivity (Wildman–Crippen MR) is 72.6 cm³/mol. The van der Waals surface area contributed by atoms with E-state index >= 15 is 0 Å². The van der Waals surface area contributed by atoms with Crippen LogP contribution in [0.1, 0.15) is 31.1 Å². The van der Waals surface area contributed by atoms with E-state index in [1.165, 1.54) is 22.2 Å². The van der Waals surface area contributed by atoms with Gasteiger partial charge in [-0.2, -0.15) is 0 Å². The quantitative estimate of drug-likeness (QED) is 0.792. The Labute approximate surface area is 106 Å². The first-order valence-corrected chi connectivity index (χ1v) is 6.58. The van der Waals surface area contributed by atoms with Crippen LogP contribution in [0.2, 0.25) is 5.02 Å². The highest BCUT2D eigenvalue weighted by Crippen LogP contribution is 2.34. The van der Waals surface area contributed by atoms with Crippen LogP contribution in [0.3, 0.4) is 0 Å². The largest absolute Gasteiger partial charge is 0.357 e. The Bertz CT molecular complexity index is 557. The summed E-state index contributed by atoms with van der Waals surface area (Å²) in [5.74, 6) is 0.595. The minimum absolute atomic E-state index is 0.435. The molecule has 1 unspecified atom stereocenters. The van der Waals surface area contributed by atoms with E-state index in [0.717, 1.165) is 18.0 Å². The fraction of sp³-hybridized carbons (Fsp3) is 0.429. The molecule has 1 aromatic heterocycles. The van der Waals surface area contributed by atoms with E-state index < -0.39 is 0 Å². The molecule has 2 heterocycles. The van der Waals surface area contributed by atoms with Gasteiger partial charge in [-0.05, 0) is 42.6 Å². The van der Waals surface area contributed by atoms with Crippen molar-refractivity contribution in [1.82, 2.24) is 10.3 Å². The minimum Gasteiger partial charge on any atom is -0.357 e. The number of benzene rings is 1. The van der Waals surface area contributed by atoms with Crippen LogP contribution in [-0.2, 0) is 6.42 Å². The van der Waals surface area contributed by atoms with Crippen LogP contribution in [0.4, 0.5) is 0 Å². The monoisotopic (exact) mass is 248 g/mol. The molecule has 0 aliphatic carbocycles. The van der Waals surface area contributed by atoms with E-state index in [2.05, 4.69) is 36.3 Å². The summed E-state index contributed by atoms with van der Waals surface area (Å²) < 4.78 is 0. The Balaban J connectivity index is 2.22. The zero-order valence-electron chi connectivity index (χ0n) is 10.2. The van der Waals surface area contributed by atoms with Gasteiger partial charge >= 0.3 is 0 Å². The van der Waals surface area contributed by atoms with Gasteiger partial charge in [0.1, 0.15) is 0 Å². The van der Waals surface area contributed by atoms with Crippen LogP contribution < -0.4 is 5.32 Å². The molecule has 3 heteroatoms. The number of hydrogen-bond donors (Lipinski definition) is 2. The van der Waals surface area contributed by atoms with Gasteiger partial charge in [-0.15, -0.1) is 0 Å². The van der Waals surface area contributed by atoms with E-state index in [1.54, 1.807) is 0 Å². The Morgan fingerprint density at radius 3 is 2.94 bits per heavy atom. The molecule has 17 heavy (non-hydrogen) atoms. The van der Waals surface area contributed by atoms with Gasteiger partial charge in [0.2, 0.25) is 0 Å². The van der Waals surface area contributed by atoms with Crippen LogP contribution in [0.5, 0.6) is 0 Å². The summed E-state index contributed by atoms with van der Waals surface area (Å²) in [6.07, 6.45) is 1.08. The second-order valence-corrected chi connectivity index (χ2v) is 5.57. The fourth-order valence-corrected chi connectivity index (χ4v) is 2.97. The second kappa shape index (κ2) is 4.04. The molecular weight excluding hydrogens is 232 g/mol. The number of fused-ring (bicyclic) bond motifs is 3. The maximum absolute atomic E-state index is 6.09. The molecule has 1 aliphatic rings. The Morgan fingerprint density at radius 2 is 2.18 bits per heavy atom. The van der Waals surface area contributed by atoms with Crippen molar-refractivity contribution in [2.75, 3.05) is 6.54 Å². The maximum Gasteiger partial charge on any atom is 0.0499 e. The molecule has 0 radical (unpaired) electrons. The molecule has 0 fully saturated rings. The third-order valence-electron chi connectivity index (χ3n) is 3.62. The zero-order chi connectivity index (χ0) is 12.0.